The molecule has 8 heteroatoms. The molecule has 1 amide bonds. The minimum atomic E-state index is 0.0287. The van der Waals surface area contributed by atoms with E-state index in [0.29, 0.717) is 43.5 Å². The average molecular weight is 360 g/mol. The lowest BCUT2D eigenvalue weighted by Crippen LogP contribution is -2.43. The fraction of sp³-hybridized carbons (Fsp3) is 0.556. The zero-order chi connectivity index (χ0) is 18.4. The molecule has 2 aromatic rings. The number of pyridine rings is 1. The minimum absolute atomic E-state index is 0.0287. The number of hydrogen-bond acceptors (Lipinski definition) is 7. The second-order valence-corrected chi connectivity index (χ2v) is 6.36. The number of piperidine rings is 1. The highest BCUT2D eigenvalue weighted by Crippen LogP contribution is 2.16. The zero-order valence-corrected chi connectivity index (χ0v) is 15.2. The molecular weight excluding hydrogens is 336 g/mol. The zero-order valence-electron chi connectivity index (χ0n) is 15.2. The van der Waals surface area contributed by atoms with Crippen molar-refractivity contribution in [2.45, 2.75) is 38.9 Å². The Balaban J connectivity index is 1.48. The lowest BCUT2D eigenvalue weighted by atomic mass is 10.1. The van der Waals surface area contributed by atoms with Crippen molar-refractivity contribution in [3.05, 3.63) is 41.3 Å². The van der Waals surface area contributed by atoms with E-state index in [1.54, 1.807) is 19.4 Å². The van der Waals surface area contributed by atoms with Gasteiger partial charge in [0.1, 0.15) is 6.61 Å². The van der Waals surface area contributed by atoms with Gasteiger partial charge < -0.3 is 18.9 Å². The fourth-order valence-corrected chi connectivity index (χ4v) is 3.01. The van der Waals surface area contributed by atoms with Gasteiger partial charge >= 0.3 is 0 Å². The summed E-state index contributed by atoms with van der Waals surface area (Å²) in [6.07, 6.45) is 4.15. The number of aryl methyl sites for hydroxylation is 1. The molecule has 26 heavy (non-hydrogen) atoms. The molecule has 1 aliphatic rings. The quantitative estimate of drug-likeness (QED) is 0.743. The van der Waals surface area contributed by atoms with Gasteiger partial charge in [-0.15, -0.1) is 0 Å². The molecule has 1 atom stereocenters. The first-order valence-electron chi connectivity index (χ1n) is 8.79. The van der Waals surface area contributed by atoms with Crippen LogP contribution in [-0.4, -0.2) is 58.8 Å². The lowest BCUT2D eigenvalue weighted by molar-refractivity contribution is 0.00250. The van der Waals surface area contributed by atoms with E-state index < -0.39 is 0 Å². The van der Waals surface area contributed by atoms with Gasteiger partial charge in [-0.3, -0.25) is 9.78 Å². The SMILES string of the molecule is COCc1nc(CCOC2CCCN(C(=O)c3ccnc(C)c3)C2)no1. The van der Waals surface area contributed by atoms with E-state index in [4.69, 9.17) is 14.0 Å². The number of rotatable bonds is 7. The highest BCUT2D eigenvalue weighted by Gasteiger charge is 2.25. The smallest absolute Gasteiger partial charge is 0.254 e. The number of carbonyl (C=O) groups is 1. The third kappa shape index (κ3) is 4.86. The van der Waals surface area contributed by atoms with E-state index >= 15 is 0 Å². The van der Waals surface area contributed by atoms with Crippen LogP contribution >= 0.6 is 0 Å². The predicted molar refractivity (Wildman–Crippen MR) is 92.6 cm³/mol. The number of aromatic nitrogens is 3. The molecule has 0 saturated carbocycles. The van der Waals surface area contributed by atoms with Gasteiger partial charge in [-0.1, -0.05) is 5.16 Å². The Morgan fingerprint density at radius 3 is 3.15 bits per heavy atom. The first-order chi connectivity index (χ1) is 12.7. The highest BCUT2D eigenvalue weighted by molar-refractivity contribution is 5.94. The molecule has 140 valence electrons. The number of carbonyl (C=O) groups excluding carboxylic acids is 1. The normalized spacial score (nSPS) is 17.5. The Labute approximate surface area is 152 Å². The summed E-state index contributed by atoms with van der Waals surface area (Å²) >= 11 is 0. The van der Waals surface area contributed by atoms with Crippen LogP contribution in [0.3, 0.4) is 0 Å². The maximum absolute atomic E-state index is 12.7. The molecule has 0 spiro atoms. The average Bonchev–Trinajstić information content (AvgIpc) is 3.09. The number of amides is 1. The number of ether oxygens (including phenoxy) is 2. The van der Waals surface area contributed by atoms with E-state index in [1.807, 2.05) is 17.9 Å². The van der Waals surface area contributed by atoms with E-state index in [1.165, 1.54) is 0 Å². The Morgan fingerprint density at radius 1 is 1.46 bits per heavy atom. The van der Waals surface area contributed by atoms with Gasteiger partial charge in [0.15, 0.2) is 5.82 Å². The van der Waals surface area contributed by atoms with Gasteiger partial charge in [0.05, 0.1) is 12.7 Å². The summed E-state index contributed by atoms with van der Waals surface area (Å²) in [5, 5.41) is 3.89. The second-order valence-electron chi connectivity index (χ2n) is 6.36. The highest BCUT2D eigenvalue weighted by atomic mass is 16.5. The summed E-state index contributed by atoms with van der Waals surface area (Å²) in [4.78, 5) is 22.9. The number of hydrogen-bond donors (Lipinski definition) is 0. The van der Waals surface area contributed by atoms with E-state index in [0.717, 1.165) is 25.1 Å². The fourth-order valence-electron chi connectivity index (χ4n) is 3.01. The molecule has 3 rings (SSSR count). The summed E-state index contributed by atoms with van der Waals surface area (Å²) < 4.78 is 15.9. The molecule has 2 aromatic heterocycles. The van der Waals surface area contributed by atoms with Crippen molar-refractivity contribution in [2.24, 2.45) is 0 Å². The van der Waals surface area contributed by atoms with Crippen LogP contribution in [0.15, 0.2) is 22.9 Å². The summed E-state index contributed by atoms with van der Waals surface area (Å²) in [5.41, 5.74) is 1.52. The van der Waals surface area contributed by atoms with Crippen molar-refractivity contribution in [3.8, 4) is 0 Å². The van der Waals surface area contributed by atoms with Gasteiger partial charge in [-0.25, -0.2) is 0 Å². The molecule has 1 aliphatic heterocycles. The van der Waals surface area contributed by atoms with Crippen molar-refractivity contribution in [1.29, 1.82) is 0 Å². The van der Waals surface area contributed by atoms with Gasteiger partial charge in [0, 0.05) is 44.1 Å². The number of nitrogens with zero attached hydrogens (tertiary/aromatic N) is 4. The van der Waals surface area contributed by atoms with Crippen LogP contribution < -0.4 is 0 Å². The molecule has 1 unspecified atom stereocenters. The number of methoxy groups -OCH3 is 1. The topological polar surface area (TPSA) is 90.6 Å². The summed E-state index contributed by atoms with van der Waals surface area (Å²) in [7, 11) is 1.58. The molecule has 3 heterocycles. The molecule has 0 N–H and O–H groups in total. The molecule has 0 bridgehead atoms. The number of likely N-dealkylation sites (tertiary alicyclic amines) is 1. The molecule has 0 radical (unpaired) electrons. The second kappa shape index (κ2) is 8.86. The summed E-state index contributed by atoms with van der Waals surface area (Å²) in [5.74, 6) is 1.10. The van der Waals surface area contributed by atoms with Gasteiger partial charge in [-0.05, 0) is 31.9 Å². The van der Waals surface area contributed by atoms with Gasteiger partial charge in [0.2, 0.25) is 0 Å². The Kier molecular flexibility index (Phi) is 6.30. The van der Waals surface area contributed by atoms with Crippen LogP contribution in [0.1, 0.15) is 40.6 Å². The predicted octanol–water partition coefficient (Wildman–Crippen LogP) is 1.78. The van der Waals surface area contributed by atoms with Crippen LogP contribution in [0, 0.1) is 6.92 Å². The molecule has 8 nitrogen and oxygen atoms in total. The maximum atomic E-state index is 12.7. The molecular formula is C18H24N4O4. The van der Waals surface area contributed by atoms with E-state index in [-0.39, 0.29) is 12.0 Å². The van der Waals surface area contributed by atoms with Crippen molar-refractivity contribution < 1.29 is 18.8 Å². The summed E-state index contributed by atoms with van der Waals surface area (Å²) in [6.45, 7) is 4.04. The summed E-state index contributed by atoms with van der Waals surface area (Å²) in [6, 6.07) is 3.58. The Hall–Kier alpha value is -2.32. The Bertz CT molecular complexity index is 733. The molecule has 1 saturated heterocycles. The van der Waals surface area contributed by atoms with Crippen LogP contribution in [0.5, 0.6) is 0 Å². The van der Waals surface area contributed by atoms with Crippen LogP contribution in [0.4, 0.5) is 0 Å². The van der Waals surface area contributed by atoms with E-state index in [2.05, 4.69) is 15.1 Å². The lowest BCUT2D eigenvalue weighted by Gasteiger charge is -2.32. The van der Waals surface area contributed by atoms with Crippen molar-refractivity contribution in [1.82, 2.24) is 20.0 Å². The third-order valence-electron chi connectivity index (χ3n) is 4.27. The first kappa shape index (κ1) is 18.5. The van der Waals surface area contributed by atoms with Gasteiger partial charge in [0.25, 0.3) is 11.8 Å². The standard InChI is InChI=1S/C18H24N4O4/c1-13-10-14(5-7-19-13)18(23)22-8-3-4-15(11-22)25-9-6-16-20-17(12-24-2)26-21-16/h5,7,10,15H,3-4,6,8-9,11-12H2,1-2H3. The monoisotopic (exact) mass is 360 g/mol. The maximum Gasteiger partial charge on any atom is 0.254 e. The van der Waals surface area contributed by atoms with Crippen LogP contribution in [0.2, 0.25) is 0 Å². The Morgan fingerprint density at radius 2 is 2.35 bits per heavy atom. The van der Waals surface area contributed by atoms with Crippen molar-refractivity contribution >= 4 is 5.91 Å². The third-order valence-corrected chi connectivity index (χ3v) is 4.27. The van der Waals surface area contributed by atoms with Crippen LogP contribution in [0.25, 0.3) is 0 Å². The van der Waals surface area contributed by atoms with Crippen LogP contribution in [-0.2, 0) is 22.5 Å². The molecule has 1 fully saturated rings. The molecule has 0 aliphatic carbocycles. The largest absolute Gasteiger partial charge is 0.376 e. The van der Waals surface area contributed by atoms with E-state index in [9.17, 15) is 4.79 Å². The molecule has 0 aromatic carbocycles. The van der Waals surface area contributed by atoms with Crippen molar-refractivity contribution in [2.75, 3.05) is 26.8 Å². The van der Waals surface area contributed by atoms with Crippen molar-refractivity contribution in [3.63, 3.8) is 0 Å². The van der Waals surface area contributed by atoms with Gasteiger partial charge in [-0.2, -0.15) is 4.98 Å². The first-order valence-corrected chi connectivity index (χ1v) is 8.79. The minimum Gasteiger partial charge on any atom is -0.376 e.